The number of hydrogen-bond donors (Lipinski definition) is 1. The van der Waals surface area contributed by atoms with Crippen molar-refractivity contribution in [1.29, 1.82) is 0 Å². The predicted molar refractivity (Wildman–Crippen MR) is 92.7 cm³/mol. The lowest BCUT2D eigenvalue weighted by Crippen LogP contribution is -2.21. The molecule has 0 aliphatic carbocycles. The molecule has 130 valence electrons. The van der Waals surface area contributed by atoms with Gasteiger partial charge in [-0.05, 0) is 31.0 Å². The first-order valence-corrected chi connectivity index (χ1v) is 8.95. The molecule has 0 aliphatic rings. The van der Waals surface area contributed by atoms with Crippen LogP contribution in [0.4, 0.5) is 0 Å². The van der Waals surface area contributed by atoms with Gasteiger partial charge < -0.3 is 14.4 Å². The third kappa shape index (κ3) is 4.82. The molecule has 0 fully saturated rings. The minimum atomic E-state index is -0.292. The first kappa shape index (κ1) is 18.5. The molecule has 0 unspecified atom stereocenters. The van der Waals surface area contributed by atoms with Crippen LogP contribution in [0, 0.1) is 0 Å². The number of nitrogens with zero attached hydrogens (tertiary/aromatic N) is 3. The molecule has 0 bridgehead atoms. The van der Waals surface area contributed by atoms with E-state index in [1.807, 2.05) is 23.6 Å². The van der Waals surface area contributed by atoms with Crippen LogP contribution in [0.1, 0.15) is 37.9 Å². The number of thioether (sulfide) groups is 1. The van der Waals surface area contributed by atoms with Crippen LogP contribution in [0.15, 0.2) is 35.9 Å². The summed E-state index contributed by atoms with van der Waals surface area (Å²) in [5.41, 5.74) is 1.77. The Morgan fingerprint density at radius 1 is 1.38 bits per heavy atom. The molecule has 0 spiro atoms. The first-order valence-electron chi connectivity index (χ1n) is 8.07. The Morgan fingerprint density at radius 2 is 2.12 bits per heavy atom. The molecule has 7 heteroatoms. The standard InChI is InChI=1S/C17H23N3O3S/c1-3-5-15(16(22)23-4-2)24-17-19-10-14(12-21)20(17)11-13-6-8-18-9-7-13/h6-10,15,21H,3-5,11-12H2,1-2H3/t15-/m1/s1. The zero-order valence-corrected chi connectivity index (χ0v) is 14.8. The Kier molecular flexibility index (Phi) is 7.27. The van der Waals surface area contributed by atoms with E-state index < -0.39 is 0 Å². The fourth-order valence-corrected chi connectivity index (χ4v) is 3.50. The lowest BCUT2D eigenvalue weighted by molar-refractivity contribution is -0.142. The summed E-state index contributed by atoms with van der Waals surface area (Å²) in [4.78, 5) is 20.6. The molecule has 0 radical (unpaired) electrons. The SMILES string of the molecule is CCC[C@@H](Sc1ncc(CO)n1Cc1ccncc1)C(=O)OCC. The van der Waals surface area contributed by atoms with Crippen molar-refractivity contribution in [2.75, 3.05) is 6.61 Å². The van der Waals surface area contributed by atoms with E-state index >= 15 is 0 Å². The van der Waals surface area contributed by atoms with Gasteiger partial charge in [0.1, 0.15) is 5.25 Å². The number of rotatable bonds is 9. The molecule has 2 aromatic heterocycles. The van der Waals surface area contributed by atoms with Gasteiger partial charge in [0.2, 0.25) is 0 Å². The highest BCUT2D eigenvalue weighted by molar-refractivity contribution is 8.00. The summed E-state index contributed by atoms with van der Waals surface area (Å²) in [6, 6.07) is 3.84. The van der Waals surface area contributed by atoms with Gasteiger partial charge in [0.25, 0.3) is 0 Å². The van der Waals surface area contributed by atoms with E-state index in [2.05, 4.69) is 9.97 Å². The Labute approximate surface area is 146 Å². The first-order chi connectivity index (χ1) is 11.7. The Morgan fingerprint density at radius 3 is 2.75 bits per heavy atom. The molecule has 2 aromatic rings. The molecule has 0 saturated heterocycles. The molecule has 0 aromatic carbocycles. The fraction of sp³-hybridized carbons (Fsp3) is 0.471. The summed E-state index contributed by atoms with van der Waals surface area (Å²) in [6.45, 7) is 4.68. The van der Waals surface area contributed by atoms with Gasteiger partial charge in [0.15, 0.2) is 5.16 Å². The number of carbonyl (C=O) groups is 1. The summed E-state index contributed by atoms with van der Waals surface area (Å²) in [5.74, 6) is -0.214. The smallest absolute Gasteiger partial charge is 0.319 e. The zero-order valence-electron chi connectivity index (χ0n) is 14.0. The number of hydrogen-bond acceptors (Lipinski definition) is 6. The third-order valence-corrected chi connectivity index (χ3v) is 4.75. The molecular formula is C17H23N3O3S. The predicted octanol–water partition coefficient (Wildman–Crippen LogP) is 2.64. The molecule has 0 amide bonds. The molecule has 24 heavy (non-hydrogen) atoms. The average molecular weight is 349 g/mol. The Balaban J connectivity index is 2.22. The molecule has 1 N–H and O–H groups in total. The topological polar surface area (TPSA) is 77.2 Å². The Bertz CT molecular complexity index is 646. The second-order valence-electron chi connectivity index (χ2n) is 5.28. The van der Waals surface area contributed by atoms with Crippen LogP contribution in [0.25, 0.3) is 0 Å². The van der Waals surface area contributed by atoms with Crippen LogP contribution < -0.4 is 0 Å². The highest BCUT2D eigenvalue weighted by Crippen LogP contribution is 2.28. The van der Waals surface area contributed by atoms with Crippen molar-refractivity contribution in [3.05, 3.63) is 42.0 Å². The van der Waals surface area contributed by atoms with Gasteiger partial charge in [-0.1, -0.05) is 25.1 Å². The zero-order chi connectivity index (χ0) is 17.4. The van der Waals surface area contributed by atoms with Crippen molar-refractivity contribution < 1.29 is 14.6 Å². The van der Waals surface area contributed by atoms with Crippen molar-refractivity contribution in [2.45, 2.75) is 50.2 Å². The van der Waals surface area contributed by atoms with E-state index in [0.29, 0.717) is 24.0 Å². The second-order valence-corrected chi connectivity index (χ2v) is 6.45. The maximum absolute atomic E-state index is 12.1. The van der Waals surface area contributed by atoms with Crippen LogP contribution in [-0.4, -0.2) is 37.5 Å². The number of esters is 1. The van der Waals surface area contributed by atoms with Gasteiger partial charge in [-0.25, -0.2) is 4.98 Å². The van der Waals surface area contributed by atoms with Crippen molar-refractivity contribution in [3.63, 3.8) is 0 Å². The maximum atomic E-state index is 12.1. The van der Waals surface area contributed by atoms with Crippen LogP contribution in [-0.2, 0) is 22.7 Å². The lowest BCUT2D eigenvalue weighted by Gasteiger charge is -2.16. The van der Waals surface area contributed by atoms with E-state index in [1.165, 1.54) is 11.8 Å². The highest BCUT2D eigenvalue weighted by atomic mass is 32.2. The summed E-state index contributed by atoms with van der Waals surface area (Å²) in [6.07, 6.45) is 6.72. The van der Waals surface area contributed by atoms with Crippen molar-refractivity contribution in [3.8, 4) is 0 Å². The molecule has 0 saturated carbocycles. The lowest BCUT2D eigenvalue weighted by atomic mass is 10.2. The molecule has 0 aliphatic heterocycles. The van der Waals surface area contributed by atoms with E-state index in [9.17, 15) is 9.90 Å². The van der Waals surface area contributed by atoms with Gasteiger partial charge in [-0.2, -0.15) is 0 Å². The van der Waals surface area contributed by atoms with Crippen molar-refractivity contribution in [1.82, 2.24) is 14.5 Å². The molecule has 2 rings (SSSR count). The van der Waals surface area contributed by atoms with Crippen LogP contribution in [0.5, 0.6) is 0 Å². The minimum absolute atomic E-state index is 0.101. The maximum Gasteiger partial charge on any atom is 0.319 e. The number of pyridine rings is 1. The summed E-state index contributed by atoms with van der Waals surface area (Å²) >= 11 is 1.39. The molecular weight excluding hydrogens is 326 g/mol. The normalized spacial score (nSPS) is 12.1. The van der Waals surface area contributed by atoms with Gasteiger partial charge >= 0.3 is 5.97 Å². The summed E-state index contributed by atoms with van der Waals surface area (Å²) in [7, 11) is 0. The monoisotopic (exact) mass is 349 g/mol. The van der Waals surface area contributed by atoms with Crippen molar-refractivity contribution >= 4 is 17.7 Å². The molecule has 6 nitrogen and oxygen atoms in total. The number of aliphatic hydroxyl groups is 1. The number of imidazole rings is 1. The molecule has 2 heterocycles. The summed E-state index contributed by atoms with van der Waals surface area (Å²) in [5, 5.41) is 9.99. The quantitative estimate of drug-likeness (QED) is 0.554. The largest absolute Gasteiger partial charge is 0.465 e. The van der Waals surface area contributed by atoms with Gasteiger partial charge in [0, 0.05) is 12.4 Å². The van der Waals surface area contributed by atoms with Crippen molar-refractivity contribution in [2.24, 2.45) is 0 Å². The number of carbonyl (C=O) groups excluding carboxylic acids is 1. The van der Waals surface area contributed by atoms with Crippen LogP contribution >= 0.6 is 11.8 Å². The molecule has 1 atom stereocenters. The number of aromatic nitrogens is 3. The highest BCUT2D eigenvalue weighted by Gasteiger charge is 2.23. The van der Waals surface area contributed by atoms with Crippen LogP contribution in [0.2, 0.25) is 0 Å². The van der Waals surface area contributed by atoms with E-state index in [1.54, 1.807) is 25.5 Å². The van der Waals surface area contributed by atoms with Gasteiger partial charge in [-0.3, -0.25) is 9.78 Å². The van der Waals surface area contributed by atoms with E-state index in [0.717, 1.165) is 18.4 Å². The van der Waals surface area contributed by atoms with Gasteiger partial charge in [-0.15, -0.1) is 0 Å². The summed E-state index contributed by atoms with van der Waals surface area (Å²) < 4.78 is 7.10. The number of ether oxygens (including phenoxy) is 1. The minimum Gasteiger partial charge on any atom is -0.465 e. The van der Waals surface area contributed by atoms with Gasteiger partial charge in [0.05, 0.1) is 31.6 Å². The fourth-order valence-electron chi connectivity index (χ4n) is 2.30. The number of aliphatic hydroxyl groups excluding tert-OH is 1. The second kappa shape index (κ2) is 9.44. The van der Waals surface area contributed by atoms with E-state index in [-0.39, 0.29) is 17.8 Å². The van der Waals surface area contributed by atoms with E-state index in [4.69, 9.17) is 4.74 Å². The third-order valence-electron chi connectivity index (χ3n) is 3.50. The Hall–Kier alpha value is -1.86. The average Bonchev–Trinajstić information content (AvgIpc) is 2.97. The van der Waals surface area contributed by atoms with Crippen LogP contribution in [0.3, 0.4) is 0 Å².